The maximum atomic E-state index is 12.7. The zero-order chi connectivity index (χ0) is 19.3. The van der Waals surface area contributed by atoms with Crippen LogP contribution in [0.2, 0.25) is 0 Å². The maximum Gasteiger partial charge on any atom is 0.573 e. The molecule has 1 saturated heterocycles. The van der Waals surface area contributed by atoms with Gasteiger partial charge < -0.3 is 9.26 Å². The van der Waals surface area contributed by atoms with Gasteiger partial charge in [-0.05, 0) is 32.0 Å². The average molecular weight is 394 g/mol. The van der Waals surface area contributed by atoms with Crippen molar-refractivity contribution in [3.63, 3.8) is 0 Å². The molecular weight excluding hydrogens is 377 g/mol. The molecule has 144 valence electrons. The van der Waals surface area contributed by atoms with Gasteiger partial charge in [0.2, 0.25) is 0 Å². The van der Waals surface area contributed by atoms with Crippen molar-refractivity contribution < 1.29 is 35.7 Å². The number of ether oxygens (including phenoxy) is 1. The minimum absolute atomic E-state index is 0.0192. The van der Waals surface area contributed by atoms with E-state index < -0.39 is 38.7 Å². The zero-order valence-electron chi connectivity index (χ0n) is 14.2. The van der Waals surface area contributed by atoms with Crippen LogP contribution in [0.3, 0.4) is 0 Å². The third-order valence-electron chi connectivity index (χ3n) is 3.97. The summed E-state index contributed by atoms with van der Waals surface area (Å²) in [7, 11) is -2.21. The number of fused-ring (bicyclic) bond motifs is 1. The highest BCUT2D eigenvalue weighted by atomic mass is 32.2. The van der Waals surface area contributed by atoms with Gasteiger partial charge in [-0.15, -0.1) is 13.2 Å². The van der Waals surface area contributed by atoms with Crippen LogP contribution in [0.5, 0.6) is 5.75 Å². The quantitative estimate of drug-likeness (QED) is 0.788. The second-order valence-electron chi connectivity index (χ2n) is 6.70. The summed E-state index contributed by atoms with van der Waals surface area (Å²) in [4.78, 5) is 5.49. The van der Waals surface area contributed by atoms with E-state index in [9.17, 15) is 21.6 Å². The van der Waals surface area contributed by atoms with Gasteiger partial charge in [-0.3, -0.25) is 4.84 Å². The highest BCUT2D eigenvalue weighted by molar-refractivity contribution is 7.91. The molecule has 3 rings (SSSR count). The normalized spacial score (nSPS) is 21.4. The second-order valence-corrected chi connectivity index (χ2v) is 8.86. The molecule has 1 unspecified atom stereocenters. The molecule has 2 aromatic rings. The lowest BCUT2D eigenvalue weighted by Gasteiger charge is -2.18. The molecule has 0 N–H and O–H groups in total. The Balaban J connectivity index is 1.90. The molecule has 1 aliphatic heterocycles. The third kappa shape index (κ3) is 3.94. The first kappa shape index (κ1) is 18.9. The molecule has 1 aliphatic rings. The van der Waals surface area contributed by atoms with E-state index in [1.54, 1.807) is 13.8 Å². The standard InChI is InChI=1S/C15H17F3N2O5S/c1-14(2)7-13(20(3)25-14)26(21,22)8-11-10-6-9(23-15(16,17)18)4-5-12(10)24-19-11/h4-6,13H,7-8H2,1-3H3. The minimum Gasteiger partial charge on any atom is -0.406 e. The Morgan fingerprint density at radius 2 is 2.08 bits per heavy atom. The first-order valence-corrected chi connectivity index (χ1v) is 9.35. The summed E-state index contributed by atoms with van der Waals surface area (Å²) in [6.45, 7) is 3.54. The van der Waals surface area contributed by atoms with Gasteiger partial charge in [0.1, 0.15) is 16.8 Å². The van der Waals surface area contributed by atoms with Crippen molar-refractivity contribution in [2.45, 2.75) is 43.4 Å². The molecule has 1 aromatic carbocycles. The van der Waals surface area contributed by atoms with Crippen LogP contribution in [0.4, 0.5) is 13.2 Å². The molecule has 0 bridgehead atoms. The summed E-state index contributed by atoms with van der Waals surface area (Å²) in [6, 6.07) is 3.37. The Kier molecular flexibility index (Phi) is 4.44. The van der Waals surface area contributed by atoms with Gasteiger partial charge in [0.05, 0.1) is 11.4 Å². The van der Waals surface area contributed by atoms with Crippen molar-refractivity contribution in [3.8, 4) is 5.75 Å². The van der Waals surface area contributed by atoms with E-state index in [1.807, 2.05) is 0 Å². The van der Waals surface area contributed by atoms with Gasteiger partial charge in [-0.1, -0.05) is 5.16 Å². The van der Waals surface area contributed by atoms with E-state index >= 15 is 0 Å². The molecule has 2 heterocycles. The maximum absolute atomic E-state index is 12.7. The van der Waals surface area contributed by atoms with Crippen LogP contribution in [0.15, 0.2) is 22.7 Å². The van der Waals surface area contributed by atoms with Crippen LogP contribution in [-0.2, 0) is 20.4 Å². The topological polar surface area (TPSA) is 81.9 Å². The predicted molar refractivity (Wildman–Crippen MR) is 84.6 cm³/mol. The monoisotopic (exact) mass is 394 g/mol. The number of benzene rings is 1. The molecule has 1 atom stereocenters. The molecule has 26 heavy (non-hydrogen) atoms. The fourth-order valence-corrected chi connectivity index (χ4v) is 4.88. The summed E-state index contributed by atoms with van der Waals surface area (Å²) in [5, 5.41) is 4.23. The summed E-state index contributed by atoms with van der Waals surface area (Å²) < 4.78 is 71.5. The van der Waals surface area contributed by atoms with Crippen molar-refractivity contribution in [1.82, 2.24) is 10.2 Å². The van der Waals surface area contributed by atoms with E-state index in [1.165, 1.54) is 18.2 Å². The molecule has 0 amide bonds. The number of hydrogen-bond donors (Lipinski definition) is 0. The van der Waals surface area contributed by atoms with Crippen LogP contribution in [-0.4, -0.2) is 43.0 Å². The van der Waals surface area contributed by atoms with Gasteiger partial charge in [-0.25, -0.2) is 8.42 Å². The molecule has 0 spiro atoms. The van der Waals surface area contributed by atoms with Crippen molar-refractivity contribution in [1.29, 1.82) is 0 Å². The number of halogens is 3. The van der Waals surface area contributed by atoms with Crippen LogP contribution >= 0.6 is 0 Å². The summed E-state index contributed by atoms with van der Waals surface area (Å²) in [6.07, 6.45) is -4.60. The van der Waals surface area contributed by atoms with Crippen LogP contribution in [0.1, 0.15) is 26.0 Å². The Labute approximate surface area is 147 Å². The molecule has 1 fully saturated rings. The highest BCUT2D eigenvalue weighted by Crippen LogP contribution is 2.34. The first-order chi connectivity index (χ1) is 11.9. The van der Waals surface area contributed by atoms with Crippen molar-refractivity contribution in [2.24, 2.45) is 0 Å². The molecule has 11 heteroatoms. The predicted octanol–water partition coefficient (Wildman–Crippen LogP) is 3.01. The summed E-state index contributed by atoms with van der Waals surface area (Å²) in [5.41, 5.74) is -0.446. The van der Waals surface area contributed by atoms with Crippen LogP contribution in [0, 0.1) is 0 Å². The number of hydrogen-bond acceptors (Lipinski definition) is 7. The molecular formula is C15H17F3N2O5S. The lowest BCUT2D eigenvalue weighted by Crippen LogP contribution is -2.33. The Hall–Kier alpha value is -1.85. The first-order valence-electron chi connectivity index (χ1n) is 7.64. The van der Waals surface area contributed by atoms with E-state index in [2.05, 4.69) is 9.89 Å². The minimum atomic E-state index is -4.85. The third-order valence-corrected chi connectivity index (χ3v) is 5.93. The number of nitrogens with zero attached hydrogens (tertiary/aromatic N) is 2. The van der Waals surface area contributed by atoms with Crippen LogP contribution in [0.25, 0.3) is 11.0 Å². The smallest absolute Gasteiger partial charge is 0.406 e. The number of hydroxylamine groups is 2. The Morgan fingerprint density at radius 3 is 2.65 bits per heavy atom. The van der Waals surface area contributed by atoms with Gasteiger partial charge in [0.15, 0.2) is 15.4 Å². The van der Waals surface area contributed by atoms with Crippen LogP contribution < -0.4 is 4.74 Å². The molecule has 0 saturated carbocycles. The van der Waals surface area contributed by atoms with E-state index in [0.29, 0.717) is 0 Å². The number of aromatic nitrogens is 1. The molecule has 7 nitrogen and oxygen atoms in total. The lowest BCUT2D eigenvalue weighted by atomic mass is 10.1. The van der Waals surface area contributed by atoms with E-state index in [-0.39, 0.29) is 23.1 Å². The SMILES string of the molecule is CN1OC(C)(C)CC1S(=O)(=O)Cc1noc2ccc(OC(F)(F)F)cc12. The zero-order valence-corrected chi connectivity index (χ0v) is 15.0. The molecule has 0 aliphatic carbocycles. The highest BCUT2D eigenvalue weighted by Gasteiger charge is 2.44. The molecule has 1 aromatic heterocycles. The second kappa shape index (κ2) is 6.10. The van der Waals surface area contributed by atoms with Crippen molar-refractivity contribution >= 4 is 20.8 Å². The summed E-state index contributed by atoms with van der Waals surface area (Å²) in [5.74, 6) is -0.974. The largest absolute Gasteiger partial charge is 0.573 e. The lowest BCUT2D eigenvalue weighted by molar-refractivity contribution is -0.274. The van der Waals surface area contributed by atoms with Gasteiger partial charge in [0, 0.05) is 18.9 Å². The van der Waals surface area contributed by atoms with Crippen molar-refractivity contribution in [3.05, 3.63) is 23.9 Å². The van der Waals surface area contributed by atoms with Gasteiger partial charge in [0.25, 0.3) is 0 Å². The van der Waals surface area contributed by atoms with E-state index in [4.69, 9.17) is 9.36 Å². The number of sulfone groups is 1. The van der Waals surface area contributed by atoms with Gasteiger partial charge >= 0.3 is 6.36 Å². The Morgan fingerprint density at radius 1 is 1.38 bits per heavy atom. The number of rotatable bonds is 4. The fraction of sp³-hybridized carbons (Fsp3) is 0.533. The number of alkyl halides is 3. The summed E-state index contributed by atoms with van der Waals surface area (Å²) >= 11 is 0. The Bertz CT molecular complexity index is 923. The molecule has 0 radical (unpaired) electrons. The van der Waals surface area contributed by atoms with Crippen molar-refractivity contribution in [2.75, 3.05) is 7.05 Å². The van der Waals surface area contributed by atoms with Gasteiger partial charge in [-0.2, -0.15) is 5.06 Å². The van der Waals surface area contributed by atoms with E-state index in [0.717, 1.165) is 12.1 Å². The fourth-order valence-electron chi connectivity index (χ4n) is 2.94. The average Bonchev–Trinajstić information content (AvgIpc) is 2.97.